The van der Waals surface area contributed by atoms with Crippen molar-refractivity contribution < 1.29 is 9.90 Å². The summed E-state index contributed by atoms with van der Waals surface area (Å²) in [7, 11) is 1.96. The van der Waals surface area contributed by atoms with Gasteiger partial charge >= 0.3 is 5.97 Å². The molecule has 0 spiro atoms. The summed E-state index contributed by atoms with van der Waals surface area (Å²) in [6.07, 6.45) is 9.34. The molecule has 2 aliphatic rings. The van der Waals surface area contributed by atoms with E-state index in [4.69, 9.17) is 5.11 Å². The molecule has 2 aliphatic carbocycles. The van der Waals surface area contributed by atoms with Gasteiger partial charge in [0.15, 0.2) is 5.16 Å². The number of aromatic nitrogens is 3. The highest BCUT2D eigenvalue weighted by molar-refractivity contribution is 7.99. The van der Waals surface area contributed by atoms with E-state index in [2.05, 4.69) is 10.2 Å². The highest BCUT2D eigenvalue weighted by atomic mass is 32.2. The Morgan fingerprint density at radius 1 is 1.24 bits per heavy atom. The number of nitrogens with zero attached hydrogens (tertiary/aromatic N) is 3. The zero-order valence-corrected chi connectivity index (χ0v) is 13.3. The van der Waals surface area contributed by atoms with Crippen molar-refractivity contribution in [3.05, 3.63) is 5.82 Å². The van der Waals surface area contributed by atoms with Crippen LogP contribution in [0.4, 0.5) is 0 Å². The molecule has 3 rings (SSSR count). The molecule has 3 unspecified atom stereocenters. The predicted molar refractivity (Wildman–Crippen MR) is 81.4 cm³/mol. The molecule has 21 heavy (non-hydrogen) atoms. The van der Waals surface area contributed by atoms with Gasteiger partial charge in [0.2, 0.25) is 0 Å². The largest absolute Gasteiger partial charge is 0.481 e. The van der Waals surface area contributed by atoms with Gasteiger partial charge in [0.25, 0.3) is 0 Å². The lowest BCUT2D eigenvalue weighted by molar-refractivity contribution is -0.133. The fraction of sp³-hybridized carbons (Fsp3) is 0.800. The third-order valence-corrected chi connectivity index (χ3v) is 6.10. The smallest absolute Gasteiger partial charge is 0.313 e. The zero-order valence-electron chi connectivity index (χ0n) is 12.5. The second-order valence-electron chi connectivity index (χ2n) is 6.40. The lowest BCUT2D eigenvalue weighted by Crippen LogP contribution is -2.27. The Hall–Kier alpha value is -1.04. The number of carboxylic acid groups (broad SMARTS) is 1. The van der Waals surface area contributed by atoms with Gasteiger partial charge in [0.1, 0.15) is 5.82 Å². The molecule has 1 aromatic heterocycles. The van der Waals surface area contributed by atoms with Crippen LogP contribution in [0, 0.1) is 11.8 Å². The molecule has 0 radical (unpaired) electrons. The topological polar surface area (TPSA) is 68.0 Å². The standard InChI is InChI=1S/C15H23N3O2S/c1-18-14(16-17-15(18)21-9-13(19)20)12-7-6-10-4-2-3-5-11(10)8-12/h10-12H,2-9H2,1H3,(H,19,20). The van der Waals surface area contributed by atoms with Gasteiger partial charge in [-0.1, -0.05) is 37.4 Å². The van der Waals surface area contributed by atoms with Crippen LogP contribution < -0.4 is 0 Å². The number of fused-ring (bicyclic) bond motifs is 1. The summed E-state index contributed by atoms with van der Waals surface area (Å²) in [5.74, 6) is 2.58. The minimum Gasteiger partial charge on any atom is -0.481 e. The highest BCUT2D eigenvalue weighted by Crippen LogP contribution is 2.45. The van der Waals surface area contributed by atoms with Crippen LogP contribution in [0.25, 0.3) is 0 Å². The minimum absolute atomic E-state index is 0.0430. The van der Waals surface area contributed by atoms with E-state index in [1.165, 1.54) is 56.7 Å². The molecular formula is C15H23N3O2S. The van der Waals surface area contributed by atoms with Crippen molar-refractivity contribution in [3.63, 3.8) is 0 Å². The molecular weight excluding hydrogens is 286 g/mol. The number of rotatable bonds is 4. The van der Waals surface area contributed by atoms with Crippen LogP contribution in [-0.4, -0.2) is 31.6 Å². The SMILES string of the molecule is Cn1c(SCC(=O)O)nnc1C1CCC2CCCCC2C1. The average molecular weight is 309 g/mol. The highest BCUT2D eigenvalue weighted by Gasteiger charge is 2.34. The normalized spacial score (nSPS) is 29.1. The van der Waals surface area contributed by atoms with Crippen LogP contribution in [0.15, 0.2) is 5.16 Å². The summed E-state index contributed by atoms with van der Waals surface area (Å²) in [5, 5.41) is 18.0. The predicted octanol–water partition coefficient (Wildman–Crippen LogP) is 3.07. The molecule has 3 atom stereocenters. The molecule has 2 saturated carbocycles. The van der Waals surface area contributed by atoms with Crippen molar-refractivity contribution in [2.24, 2.45) is 18.9 Å². The van der Waals surface area contributed by atoms with E-state index in [1.54, 1.807) is 0 Å². The van der Waals surface area contributed by atoms with Gasteiger partial charge in [-0.3, -0.25) is 4.79 Å². The van der Waals surface area contributed by atoms with Crippen LogP contribution in [0.3, 0.4) is 0 Å². The number of carbonyl (C=O) groups is 1. The maximum absolute atomic E-state index is 10.7. The van der Waals surface area contributed by atoms with Crippen LogP contribution in [0.2, 0.25) is 0 Å². The zero-order chi connectivity index (χ0) is 14.8. The Balaban J connectivity index is 1.68. The first-order valence-corrected chi connectivity index (χ1v) is 8.87. The number of carboxylic acids is 1. The van der Waals surface area contributed by atoms with Gasteiger partial charge in [0.05, 0.1) is 5.75 Å². The fourth-order valence-electron chi connectivity index (χ4n) is 4.04. The molecule has 1 heterocycles. The van der Waals surface area contributed by atoms with Crippen LogP contribution in [-0.2, 0) is 11.8 Å². The number of thioether (sulfide) groups is 1. The second-order valence-corrected chi connectivity index (χ2v) is 7.34. The summed E-state index contributed by atoms with van der Waals surface area (Å²) in [5.41, 5.74) is 0. The number of hydrogen-bond acceptors (Lipinski definition) is 4. The number of aliphatic carboxylic acids is 1. The molecule has 0 saturated heterocycles. The summed E-state index contributed by atoms with van der Waals surface area (Å²) >= 11 is 1.25. The molecule has 1 N–H and O–H groups in total. The Bertz CT molecular complexity index is 517. The van der Waals surface area contributed by atoms with E-state index in [1.807, 2.05) is 11.6 Å². The maximum atomic E-state index is 10.7. The Labute approximate surface area is 129 Å². The van der Waals surface area contributed by atoms with Gasteiger partial charge in [-0.15, -0.1) is 10.2 Å². The molecule has 116 valence electrons. The van der Waals surface area contributed by atoms with Gasteiger partial charge < -0.3 is 9.67 Å². The maximum Gasteiger partial charge on any atom is 0.313 e. The molecule has 0 bridgehead atoms. The van der Waals surface area contributed by atoms with Crippen molar-refractivity contribution in [1.82, 2.24) is 14.8 Å². The Morgan fingerprint density at radius 2 is 2.00 bits per heavy atom. The summed E-state index contributed by atoms with van der Waals surface area (Å²) in [4.78, 5) is 10.7. The molecule has 2 fully saturated rings. The molecule has 0 amide bonds. The van der Waals surface area contributed by atoms with E-state index in [0.717, 1.165) is 22.8 Å². The minimum atomic E-state index is -0.813. The first-order valence-electron chi connectivity index (χ1n) is 7.89. The van der Waals surface area contributed by atoms with Gasteiger partial charge in [0, 0.05) is 13.0 Å². The molecule has 0 aliphatic heterocycles. The fourth-order valence-corrected chi connectivity index (χ4v) is 4.68. The van der Waals surface area contributed by atoms with E-state index >= 15 is 0 Å². The van der Waals surface area contributed by atoms with E-state index < -0.39 is 5.97 Å². The molecule has 0 aromatic carbocycles. The van der Waals surface area contributed by atoms with Gasteiger partial charge in [-0.25, -0.2) is 0 Å². The van der Waals surface area contributed by atoms with Crippen molar-refractivity contribution >= 4 is 17.7 Å². The van der Waals surface area contributed by atoms with Crippen LogP contribution in [0.1, 0.15) is 56.7 Å². The van der Waals surface area contributed by atoms with Crippen LogP contribution in [0.5, 0.6) is 0 Å². The lowest BCUT2D eigenvalue weighted by atomic mass is 9.67. The first-order chi connectivity index (χ1) is 10.1. The van der Waals surface area contributed by atoms with Crippen molar-refractivity contribution in [2.75, 3.05) is 5.75 Å². The average Bonchev–Trinajstić information content (AvgIpc) is 2.85. The monoisotopic (exact) mass is 309 g/mol. The van der Waals surface area contributed by atoms with Crippen molar-refractivity contribution in [3.8, 4) is 0 Å². The second kappa shape index (κ2) is 6.38. The summed E-state index contributed by atoms with van der Waals surface area (Å²) in [6.45, 7) is 0. The molecule has 6 heteroatoms. The van der Waals surface area contributed by atoms with Crippen molar-refractivity contribution in [2.45, 2.75) is 56.0 Å². The third-order valence-electron chi connectivity index (χ3n) is 5.10. The van der Waals surface area contributed by atoms with E-state index in [0.29, 0.717) is 5.92 Å². The Kier molecular flexibility index (Phi) is 4.52. The van der Waals surface area contributed by atoms with Crippen molar-refractivity contribution in [1.29, 1.82) is 0 Å². The van der Waals surface area contributed by atoms with E-state index in [9.17, 15) is 4.79 Å². The first kappa shape index (κ1) is 14.9. The van der Waals surface area contributed by atoms with Crippen LogP contribution >= 0.6 is 11.8 Å². The van der Waals surface area contributed by atoms with Gasteiger partial charge in [-0.2, -0.15) is 0 Å². The third kappa shape index (κ3) is 3.25. The Morgan fingerprint density at radius 3 is 2.76 bits per heavy atom. The molecule has 5 nitrogen and oxygen atoms in total. The number of hydrogen-bond donors (Lipinski definition) is 1. The molecule has 1 aromatic rings. The van der Waals surface area contributed by atoms with Gasteiger partial charge in [-0.05, 0) is 31.1 Å². The summed E-state index contributed by atoms with van der Waals surface area (Å²) < 4.78 is 2.00. The van der Waals surface area contributed by atoms with E-state index in [-0.39, 0.29) is 5.75 Å². The summed E-state index contributed by atoms with van der Waals surface area (Å²) in [6, 6.07) is 0. The lowest BCUT2D eigenvalue weighted by Gasteiger charge is -2.38. The quantitative estimate of drug-likeness (QED) is 0.866.